The molecule has 0 unspecified atom stereocenters. The first-order chi connectivity index (χ1) is 15.1. The average molecular weight is 434 g/mol. The number of aryl methyl sites for hydroxylation is 2. The Morgan fingerprint density at radius 1 is 0.968 bits per heavy atom. The Labute approximate surface area is 186 Å². The van der Waals surface area contributed by atoms with Crippen molar-refractivity contribution in [2.24, 2.45) is 0 Å². The molecule has 1 N–H and O–H groups in total. The van der Waals surface area contributed by atoms with Crippen molar-refractivity contribution in [1.82, 2.24) is 9.97 Å². The van der Waals surface area contributed by atoms with E-state index in [2.05, 4.69) is 53.0 Å². The third-order valence-corrected chi connectivity index (χ3v) is 6.11. The van der Waals surface area contributed by atoms with Gasteiger partial charge in [-0.1, -0.05) is 29.8 Å². The van der Waals surface area contributed by atoms with Crippen LogP contribution in [0.25, 0.3) is 22.2 Å². The van der Waals surface area contributed by atoms with Crippen molar-refractivity contribution in [2.45, 2.75) is 13.8 Å². The zero-order chi connectivity index (χ0) is 21.4. The molecule has 1 aromatic heterocycles. The molecule has 0 amide bonds. The molecule has 1 aliphatic heterocycles. The summed E-state index contributed by atoms with van der Waals surface area (Å²) in [5.41, 5.74) is 7.28. The monoisotopic (exact) mass is 433 g/mol. The second-order valence-corrected chi connectivity index (χ2v) is 8.29. The number of rotatable bonds is 4. The zero-order valence-corrected chi connectivity index (χ0v) is 18.4. The van der Waals surface area contributed by atoms with Gasteiger partial charge in [0.15, 0.2) is 0 Å². The van der Waals surface area contributed by atoms with Crippen LogP contribution in [0.5, 0.6) is 11.8 Å². The van der Waals surface area contributed by atoms with E-state index in [1.807, 2.05) is 30.3 Å². The lowest BCUT2D eigenvalue weighted by Gasteiger charge is -2.29. The fourth-order valence-corrected chi connectivity index (χ4v) is 4.11. The minimum absolute atomic E-state index is 0.453. The van der Waals surface area contributed by atoms with E-state index in [4.69, 9.17) is 21.1 Å². The molecule has 0 saturated carbocycles. The summed E-state index contributed by atoms with van der Waals surface area (Å²) in [6, 6.07) is 18.9. The van der Waals surface area contributed by atoms with Gasteiger partial charge in [-0.25, -0.2) is 0 Å². The molecular formula is C25H24ClN3O2. The maximum atomic E-state index is 6.62. The molecule has 0 atom stereocenters. The van der Waals surface area contributed by atoms with Gasteiger partial charge in [0.25, 0.3) is 6.01 Å². The molecule has 3 aromatic carbocycles. The van der Waals surface area contributed by atoms with Crippen LogP contribution in [0.1, 0.15) is 11.1 Å². The van der Waals surface area contributed by atoms with Crippen LogP contribution in [-0.2, 0) is 4.74 Å². The number of hydrogen-bond donors (Lipinski definition) is 1. The summed E-state index contributed by atoms with van der Waals surface area (Å²) in [6.45, 7) is 7.53. The lowest BCUT2D eigenvalue weighted by Crippen LogP contribution is -2.36. The lowest BCUT2D eigenvalue weighted by atomic mass is 10.0. The highest BCUT2D eigenvalue weighted by Crippen LogP contribution is 2.34. The van der Waals surface area contributed by atoms with Gasteiger partial charge in [-0.15, -0.1) is 0 Å². The topological polar surface area (TPSA) is 50.4 Å². The second kappa shape index (κ2) is 8.25. The highest BCUT2D eigenvalue weighted by atomic mass is 35.5. The zero-order valence-electron chi connectivity index (χ0n) is 17.6. The number of nitrogens with zero attached hydrogens (tertiary/aromatic N) is 2. The summed E-state index contributed by atoms with van der Waals surface area (Å²) < 4.78 is 11.4. The Bertz CT molecular complexity index is 1230. The van der Waals surface area contributed by atoms with Gasteiger partial charge < -0.3 is 19.4 Å². The van der Waals surface area contributed by atoms with Crippen LogP contribution in [0.2, 0.25) is 5.02 Å². The molecule has 2 heterocycles. The summed E-state index contributed by atoms with van der Waals surface area (Å²) >= 11 is 6.62. The normalized spacial score (nSPS) is 14.2. The summed E-state index contributed by atoms with van der Waals surface area (Å²) in [4.78, 5) is 10.2. The molecule has 0 bridgehead atoms. The van der Waals surface area contributed by atoms with Crippen molar-refractivity contribution in [3.63, 3.8) is 0 Å². The number of benzene rings is 3. The molecule has 1 saturated heterocycles. The van der Waals surface area contributed by atoms with Crippen molar-refractivity contribution in [3.05, 3.63) is 70.7 Å². The van der Waals surface area contributed by atoms with Gasteiger partial charge in [-0.3, -0.25) is 0 Å². The molecule has 0 aliphatic carbocycles. The summed E-state index contributed by atoms with van der Waals surface area (Å²) in [7, 11) is 0. The Hall–Kier alpha value is -3.02. The minimum Gasteiger partial charge on any atom is -0.426 e. The standard InChI is InChI=1S/C25H24ClN3O2/c1-16-3-8-20(13-17(16)2)31-25-27-23-14-21(22(26)15-24(23)28-25)18-4-6-19(7-5-18)29-9-11-30-12-10-29/h3-8,13-15H,9-12H2,1-2H3,(H,27,28). The van der Waals surface area contributed by atoms with E-state index < -0.39 is 0 Å². The van der Waals surface area contributed by atoms with Gasteiger partial charge in [0.1, 0.15) is 5.75 Å². The number of morpholine rings is 1. The Balaban J connectivity index is 1.41. The summed E-state index contributed by atoms with van der Waals surface area (Å²) in [6.07, 6.45) is 0. The summed E-state index contributed by atoms with van der Waals surface area (Å²) in [5.74, 6) is 0.757. The predicted octanol–water partition coefficient (Wildman–Crippen LogP) is 6.13. The number of anilines is 1. The molecule has 1 aliphatic rings. The van der Waals surface area contributed by atoms with Gasteiger partial charge in [0.05, 0.1) is 29.3 Å². The van der Waals surface area contributed by atoms with Crippen LogP contribution in [0.3, 0.4) is 0 Å². The van der Waals surface area contributed by atoms with Crippen LogP contribution in [0.15, 0.2) is 54.6 Å². The number of aromatic amines is 1. The fraction of sp³-hybridized carbons (Fsp3) is 0.240. The van der Waals surface area contributed by atoms with E-state index in [0.717, 1.165) is 54.2 Å². The SMILES string of the molecule is Cc1ccc(Oc2nc3cc(-c4ccc(N5CCOCC5)cc4)c(Cl)cc3[nH]2)cc1C. The quantitative estimate of drug-likeness (QED) is 0.420. The number of aromatic nitrogens is 2. The largest absolute Gasteiger partial charge is 0.426 e. The number of fused-ring (bicyclic) bond motifs is 1. The molecule has 4 aromatic rings. The number of H-pyrrole nitrogens is 1. The first kappa shape index (κ1) is 19.9. The van der Waals surface area contributed by atoms with Crippen molar-refractivity contribution in [2.75, 3.05) is 31.2 Å². The molecule has 31 heavy (non-hydrogen) atoms. The van der Waals surface area contributed by atoms with Gasteiger partial charge >= 0.3 is 0 Å². The maximum absolute atomic E-state index is 6.62. The highest BCUT2D eigenvalue weighted by Gasteiger charge is 2.14. The van der Waals surface area contributed by atoms with Gasteiger partial charge in [0.2, 0.25) is 0 Å². The summed E-state index contributed by atoms with van der Waals surface area (Å²) in [5, 5.41) is 0.674. The van der Waals surface area contributed by atoms with E-state index in [1.54, 1.807) is 0 Å². The average Bonchev–Trinajstić information content (AvgIpc) is 3.17. The van der Waals surface area contributed by atoms with Crippen molar-refractivity contribution >= 4 is 28.3 Å². The van der Waals surface area contributed by atoms with Gasteiger partial charge in [0, 0.05) is 24.3 Å². The molecule has 1 fully saturated rings. The van der Waals surface area contributed by atoms with E-state index >= 15 is 0 Å². The molecule has 5 rings (SSSR count). The van der Waals surface area contributed by atoms with E-state index in [0.29, 0.717) is 11.0 Å². The Kier molecular flexibility index (Phi) is 5.30. The molecule has 5 nitrogen and oxygen atoms in total. The minimum atomic E-state index is 0.453. The van der Waals surface area contributed by atoms with Crippen molar-refractivity contribution in [3.8, 4) is 22.9 Å². The molecule has 158 valence electrons. The Morgan fingerprint density at radius 3 is 2.48 bits per heavy atom. The smallest absolute Gasteiger partial charge is 0.300 e. The third-order valence-electron chi connectivity index (χ3n) is 5.80. The van der Waals surface area contributed by atoms with Crippen molar-refractivity contribution < 1.29 is 9.47 Å². The molecule has 0 spiro atoms. The lowest BCUT2D eigenvalue weighted by molar-refractivity contribution is 0.122. The molecular weight excluding hydrogens is 410 g/mol. The first-order valence-electron chi connectivity index (χ1n) is 10.4. The van der Waals surface area contributed by atoms with E-state index in [9.17, 15) is 0 Å². The van der Waals surface area contributed by atoms with Crippen molar-refractivity contribution in [1.29, 1.82) is 0 Å². The Morgan fingerprint density at radius 2 is 1.74 bits per heavy atom. The maximum Gasteiger partial charge on any atom is 0.300 e. The second-order valence-electron chi connectivity index (χ2n) is 7.89. The number of halogens is 1. The number of ether oxygens (including phenoxy) is 2. The van der Waals surface area contributed by atoms with Crippen LogP contribution >= 0.6 is 11.6 Å². The predicted molar refractivity (Wildman–Crippen MR) is 126 cm³/mol. The van der Waals surface area contributed by atoms with Crippen LogP contribution < -0.4 is 9.64 Å². The molecule has 6 heteroatoms. The highest BCUT2D eigenvalue weighted by molar-refractivity contribution is 6.34. The third kappa shape index (κ3) is 4.11. The van der Waals surface area contributed by atoms with Crippen LogP contribution in [-0.4, -0.2) is 36.3 Å². The fourth-order valence-electron chi connectivity index (χ4n) is 3.84. The number of nitrogens with one attached hydrogen (secondary N) is 1. The van der Waals surface area contributed by atoms with Crippen LogP contribution in [0.4, 0.5) is 5.69 Å². The van der Waals surface area contributed by atoms with E-state index in [1.165, 1.54) is 16.8 Å². The number of imidazole rings is 1. The first-order valence-corrected chi connectivity index (χ1v) is 10.8. The van der Waals surface area contributed by atoms with Crippen LogP contribution in [0, 0.1) is 13.8 Å². The number of hydrogen-bond acceptors (Lipinski definition) is 4. The van der Waals surface area contributed by atoms with E-state index in [-0.39, 0.29) is 0 Å². The van der Waals surface area contributed by atoms with Gasteiger partial charge in [-0.05, 0) is 66.9 Å². The van der Waals surface area contributed by atoms with Gasteiger partial charge in [-0.2, -0.15) is 4.98 Å². The molecule has 0 radical (unpaired) electrons.